The minimum atomic E-state index is 0.0534. The Labute approximate surface area is 67.9 Å². The Kier molecular flexibility index (Phi) is 5.43. The number of aliphatic imine (C=N–C) groups is 1. The number of hydrogen-bond donors (Lipinski definition) is 1. The number of amides is 1. The standard InChI is InChI=1S/C8H16N2O/c1-4-7(3)9-6-10-8(11)5-2/h4-6H2,1-3H3,(H,10,11)/b9-7+. The molecule has 0 saturated carbocycles. The first-order valence-corrected chi connectivity index (χ1v) is 3.97. The molecule has 0 rings (SSSR count). The molecule has 0 heterocycles. The monoisotopic (exact) mass is 156 g/mol. The maximum Gasteiger partial charge on any atom is 0.221 e. The number of hydrogen-bond acceptors (Lipinski definition) is 2. The van der Waals surface area contributed by atoms with E-state index in [-0.39, 0.29) is 5.91 Å². The molecule has 0 aliphatic rings. The lowest BCUT2D eigenvalue weighted by molar-refractivity contribution is -0.120. The minimum absolute atomic E-state index is 0.0534. The Hall–Kier alpha value is -0.860. The fraction of sp³-hybridized carbons (Fsp3) is 0.750. The number of rotatable bonds is 4. The van der Waals surface area contributed by atoms with E-state index in [1.165, 1.54) is 0 Å². The van der Waals surface area contributed by atoms with Gasteiger partial charge >= 0.3 is 0 Å². The van der Waals surface area contributed by atoms with Crippen molar-refractivity contribution in [2.45, 2.75) is 33.6 Å². The van der Waals surface area contributed by atoms with E-state index in [9.17, 15) is 4.79 Å². The van der Waals surface area contributed by atoms with Gasteiger partial charge in [0.05, 0.1) is 0 Å². The van der Waals surface area contributed by atoms with Crippen molar-refractivity contribution in [2.24, 2.45) is 4.99 Å². The van der Waals surface area contributed by atoms with E-state index in [4.69, 9.17) is 0 Å². The van der Waals surface area contributed by atoms with Crippen LogP contribution in [0.4, 0.5) is 0 Å². The number of carbonyl (C=O) groups excluding carboxylic acids is 1. The smallest absolute Gasteiger partial charge is 0.221 e. The summed E-state index contributed by atoms with van der Waals surface area (Å²) in [4.78, 5) is 14.8. The van der Waals surface area contributed by atoms with Crippen molar-refractivity contribution in [1.82, 2.24) is 5.32 Å². The summed E-state index contributed by atoms with van der Waals surface area (Å²) in [5, 5.41) is 2.67. The molecule has 1 N–H and O–H groups in total. The lowest BCUT2D eigenvalue weighted by atomic mass is 10.3. The highest BCUT2D eigenvalue weighted by molar-refractivity contribution is 5.82. The largest absolute Gasteiger partial charge is 0.337 e. The molecule has 0 atom stereocenters. The quantitative estimate of drug-likeness (QED) is 0.613. The van der Waals surface area contributed by atoms with Gasteiger partial charge in [0.1, 0.15) is 6.67 Å². The van der Waals surface area contributed by atoms with Crippen molar-refractivity contribution in [3.8, 4) is 0 Å². The molecular formula is C8H16N2O. The van der Waals surface area contributed by atoms with Crippen LogP contribution in [0.3, 0.4) is 0 Å². The first-order valence-electron chi connectivity index (χ1n) is 3.97. The Morgan fingerprint density at radius 3 is 2.45 bits per heavy atom. The zero-order valence-electron chi connectivity index (χ0n) is 7.48. The summed E-state index contributed by atoms with van der Waals surface area (Å²) in [6, 6.07) is 0. The fourth-order valence-corrected chi connectivity index (χ4v) is 0.499. The molecule has 3 nitrogen and oxygen atoms in total. The van der Waals surface area contributed by atoms with Gasteiger partial charge < -0.3 is 5.32 Å². The zero-order chi connectivity index (χ0) is 8.69. The summed E-state index contributed by atoms with van der Waals surface area (Å²) >= 11 is 0. The molecule has 0 aromatic carbocycles. The van der Waals surface area contributed by atoms with Gasteiger partial charge in [-0.3, -0.25) is 9.79 Å². The van der Waals surface area contributed by atoms with E-state index in [0.29, 0.717) is 13.1 Å². The van der Waals surface area contributed by atoms with Crippen LogP contribution in [0.5, 0.6) is 0 Å². The van der Waals surface area contributed by atoms with Gasteiger partial charge in [0.25, 0.3) is 0 Å². The molecule has 0 fully saturated rings. The van der Waals surface area contributed by atoms with Gasteiger partial charge in [0.15, 0.2) is 0 Å². The van der Waals surface area contributed by atoms with E-state index in [1.807, 2.05) is 20.8 Å². The third-order valence-electron chi connectivity index (χ3n) is 1.46. The first-order chi connectivity index (χ1) is 5.20. The van der Waals surface area contributed by atoms with Crippen LogP contribution in [0.15, 0.2) is 4.99 Å². The highest BCUT2D eigenvalue weighted by Crippen LogP contribution is 1.82. The minimum Gasteiger partial charge on any atom is -0.337 e. The second-order valence-electron chi connectivity index (χ2n) is 2.36. The average molecular weight is 156 g/mol. The van der Waals surface area contributed by atoms with Gasteiger partial charge in [-0.15, -0.1) is 0 Å². The molecule has 0 aliphatic carbocycles. The van der Waals surface area contributed by atoms with Crippen LogP contribution in [0, 0.1) is 0 Å². The summed E-state index contributed by atoms with van der Waals surface area (Å²) in [6.07, 6.45) is 1.47. The maximum atomic E-state index is 10.7. The molecule has 1 amide bonds. The van der Waals surface area contributed by atoms with Crippen molar-refractivity contribution in [1.29, 1.82) is 0 Å². The Morgan fingerprint density at radius 2 is 2.00 bits per heavy atom. The van der Waals surface area contributed by atoms with Crippen molar-refractivity contribution < 1.29 is 4.79 Å². The van der Waals surface area contributed by atoms with E-state index in [0.717, 1.165) is 12.1 Å². The summed E-state index contributed by atoms with van der Waals surface area (Å²) in [7, 11) is 0. The second kappa shape index (κ2) is 5.89. The van der Waals surface area contributed by atoms with Crippen LogP contribution >= 0.6 is 0 Å². The molecular weight excluding hydrogens is 140 g/mol. The van der Waals surface area contributed by atoms with Crippen LogP contribution in [-0.2, 0) is 4.79 Å². The number of nitrogens with one attached hydrogen (secondary N) is 1. The summed E-state index contributed by atoms with van der Waals surface area (Å²) < 4.78 is 0. The lowest BCUT2D eigenvalue weighted by Gasteiger charge is -1.99. The van der Waals surface area contributed by atoms with E-state index >= 15 is 0 Å². The van der Waals surface area contributed by atoms with Crippen molar-refractivity contribution >= 4 is 11.6 Å². The molecule has 0 unspecified atom stereocenters. The van der Waals surface area contributed by atoms with Crippen LogP contribution in [0.2, 0.25) is 0 Å². The molecule has 0 radical (unpaired) electrons. The molecule has 3 heteroatoms. The second-order valence-corrected chi connectivity index (χ2v) is 2.36. The topological polar surface area (TPSA) is 41.5 Å². The molecule has 0 saturated heterocycles. The van der Waals surface area contributed by atoms with Crippen LogP contribution in [-0.4, -0.2) is 18.3 Å². The number of carbonyl (C=O) groups is 1. The first kappa shape index (κ1) is 10.1. The predicted molar refractivity (Wildman–Crippen MR) is 46.7 cm³/mol. The molecule has 0 aromatic rings. The van der Waals surface area contributed by atoms with Gasteiger partial charge in [0.2, 0.25) is 5.91 Å². The maximum absolute atomic E-state index is 10.7. The molecule has 64 valence electrons. The molecule has 0 bridgehead atoms. The Bertz CT molecular complexity index is 152. The van der Waals surface area contributed by atoms with E-state index in [1.54, 1.807) is 0 Å². The van der Waals surface area contributed by atoms with Gasteiger partial charge in [-0.25, -0.2) is 0 Å². The van der Waals surface area contributed by atoms with Gasteiger partial charge in [-0.05, 0) is 13.3 Å². The van der Waals surface area contributed by atoms with E-state index < -0.39 is 0 Å². The fourth-order valence-electron chi connectivity index (χ4n) is 0.499. The Balaban J connectivity index is 3.48. The molecule has 11 heavy (non-hydrogen) atoms. The van der Waals surface area contributed by atoms with Crippen LogP contribution < -0.4 is 5.32 Å². The van der Waals surface area contributed by atoms with E-state index in [2.05, 4.69) is 10.3 Å². The number of nitrogens with zero attached hydrogens (tertiary/aromatic N) is 1. The van der Waals surface area contributed by atoms with Crippen molar-refractivity contribution in [3.05, 3.63) is 0 Å². The Morgan fingerprint density at radius 1 is 1.36 bits per heavy atom. The molecule has 0 aliphatic heterocycles. The average Bonchev–Trinajstić information content (AvgIpc) is 2.04. The summed E-state index contributed by atoms with van der Waals surface area (Å²) in [5.74, 6) is 0.0534. The predicted octanol–water partition coefficient (Wildman–Crippen LogP) is 1.34. The highest BCUT2D eigenvalue weighted by atomic mass is 16.1. The third kappa shape index (κ3) is 5.58. The zero-order valence-corrected chi connectivity index (χ0v) is 7.48. The van der Waals surface area contributed by atoms with Gasteiger partial charge in [-0.1, -0.05) is 13.8 Å². The lowest BCUT2D eigenvalue weighted by Crippen LogP contribution is -2.22. The van der Waals surface area contributed by atoms with Gasteiger partial charge in [-0.2, -0.15) is 0 Å². The SMILES string of the molecule is CCC(=O)NC/N=C(\C)CC. The molecule has 0 aromatic heterocycles. The molecule has 0 spiro atoms. The highest BCUT2D eigenvalue weighted by Gasteiger charge is 1.92. The summed E-state index contributed by atoms with van der Waals surface area (Å²) in [5.41, 5.74) is 1.07. The van der Waals surface area contributed by atoms with Crippen LogP contribution in [0.25, 0.3) is 0 Å². The normalized spacial score (nSPS) is 11.4. The van der Waals surface area contributed by atoms with Gasteiger partial charge in [0, 0.05) is 12.1 Å². The van der Waals surface area contributed by atoms with Crippen molar-refractivity contribution in [2.75, 3.05) is 6.67 Å². The third-order valence-corrected chi connectivity index (χ3v) is 1.46. The van der Waals surface area contributed by atoms with Crippen molar-refractivity contribution in [3.63, 3.8) is 0 Å². The summed E-state index contributed by atoms with van der Waals surface area (Å²) in [6.45, 7) is 6.25. The van der Waals surface area contributed by atoms with Crippen LogP contribution in [0.1, 0.15) is 33.6 Å².